The van der Waals surface area contributed by atoms with Gasteiger partial charge in [0.15, 0.2) is 11.6 Å². The third-order valence-electron chi connectivity index (χ3n) is 5.79. The molecule has 0 bridgehead atoms. The number of amides is 1. The fraction of sp³-hybridized carbons (Fsp3) is 0.192. The normalized spacial score (nSPS) is 17.2. The summed E-state index contributed by atoms with van der Waals surface area (Å²) in [5.41, 5.74) is 2.35. The van der Waals surface area contributed by atoms with Crippen molar-refractivity contribution in [1.29, 1.82) is 0 Å². The summed E-state index contributed by atoms with van der Waals surface area (Å²) in [5.74, 6) is -2.70. The number of aliphatic hydroxyl groups excluding tert-OH is 1. The van der Waals surface area contributed by atoms with Gasteiger partial charge in [-0.2, -0.15) is 0 Å². The number of halogens is 1. The molecule has 174 valence electrons. The average Bonchev–Trinajstić information content (AvgIpc) is 3.09. The molecule has 1 fully saturated rings. The van der Waals surface area contributed by atoms with E-state index in [9.17, 15) is 19.1 Å². The number of hydrogen-bond acceptors (Lipinski definition) is 6. The van der Waals surface area contributed by atoms with Crippen LogP contribution in [0, 0.1) is 5.82 Å². The number of carbonyl (C=O) groups excluding carboxylic acids is 2. The van der Waals surface area contributed by atoms with Gasteiger partial charge in [-0.05, 0) is 53.6 Å². The summed E-state index contributed by atoms with van der Waals surface area (Å²) >= 11 is 0. The van der Waals surface area contributed by atoms with Gasteiger partial charge < -0.3 is 19.6 Å². The van der Waals surface area contributed by atoms with Crippen molar-refractivity contribution in [1.82, 2.24) is 9.88 Å². The highest BCUT2D eigenvalue weighted by Crippen LogP contribution is 2.41. The number of hydrogen-bond donors (Lipinski definition) is 1. The number of anilines is 1. The van der Waals surface area contributed by atoms with E-state index in [1.165, 1.54) is 24.1 Å². The van der Waals surface area contributed by atoms with Gasteiger partial charge in [-0.3, -0.25) is 14.6 Å². The van der Waals surface area contributed by atoms with Crippen molar-refractivity contribution in [2.75, 3.05) is 26.1 Å². The number of pyridine rings is 1. The Bertz CT molecular complexity index is 1260. The van der Waals surface area contributed by atoms with E-state index in [1.54, 1.807) is 24.5 Å². The third-order valence-corrected chi connectivity index (χ3v) is 5.79. The topological polar surface area (TPSA) is 83.0 Å². The minimum Gasteiger partial charge on any atom is -0.507 e. The van der Waals surface area contributed by atoms with E-state index in [1.807, 2.05) is 43.3 Å². The van der Waals surface area contributed by atoms with Crippen molar-refractivity contribution < 1.29 is 23.8 Å². The van der Waals surface area contributed by atoms with Crippen LogP contribution < -0.4 is 9.64 Å². The second-order valence-electron chi connectivity index (χ2n) is 8.12. The number of nitrogens with zero attached hydrogens (tertiary/aromatic N) is 3. The van der Waals surface area contributed by atoms with E-state index < -0.39 is 29.3 Å². The van der Waals surface area contributed by atoms with Gasteiger partial charge in [0.25, 0.3) is 11.7 Å². The Hall–Kier alpha value is -4.20. The molecule has 0 aliphatic carbocycles. The maximum Gasteiger partial charge on any atom is 0.295 e. The SMILES string of the molecule is COc1ccc(/C(O)=C2/C(=O)C(=O)N(Cc3ccncc3)C2c2ccc(N(C)C)cc2)cc1F. The van der Waals surface area contributed by atoms with Gasteiger partial charge >= 0.3 is 0 Å². The lowest BCUT2D eigenvalue weighted by Crippen LogP contribution is -2.29. The van der Waals surface area contributed by atoms with Crippen molar-refractivity contribution in [2.45, 2.75) is 12.6 Å². The number of methoxy groups -OCH3 is 1. The summed E-state index contributed by atoms with van der Waals surface area (Å²) in [5, 5.41) is 11.1. The van der Waals surface area contributed by atoms with Gasteiger partial charge in [0.1, 0.15) is 5.76 Å². The molecule has 8 heteroatoms. The number of carbonyl (C=O) groups is 2. The first-order chi connectivity index (χ1) is 16.3. The van der Waals surface area contributed by atoms with Crippen LogP contribution in [0.3, 0.4) is 0 Å². The molecule has 0 radical (unpaired) electrons. The fourth-order valence-corrected chi connectivity index (χ4v) is 4.00. The lowest BCUT2D eigenvalue weighted by atomic mass is 9.95. The quantitative estimate of drug-likeness (QED) is 0.340. The third kappa shape index (κ3) is 4.22. The Morgan fingerprint density at radius 1 is 1.09 bits per heavy atom. The van der Waals surface area contributed by atoms with Gasteiger partial charge in [-0.15, -0.1) is 0 Å². The molecule has 1 N–H and O–H groups in total. The van der Waals surface area contributed by atoms with Crippen LogP contribution in [0.4, 0.5) is 10.1 Å². The van der Waals surface area contributed by atoms with Crippen molar-refractivity contribution in [3.8, 4) is 5.75 Å². The molecule has 1 aromatic heterocycles. The number of aliphatic hydroxyl groups is 1. The van der Waals surface area contributed by atoms with E-state index in [2.05, 4.69) is 4.98 Å². The number of ketones is 1. The number of benzene rings is 2. The monoisotopic (exact) mass is 461 g/mol. The second-order valence-corrected chi connectivity index (χ2v) is 8.12. The molecule has 2 aromatic carbocycles. The zero-order valence-electron chi connectivity index (χ0n) is 19.0. The van der Waals surface area contributed by atoms with E-state index in [4.69, 9.17) is 4.74 Å². The second kappa shape index (κ2) is 9.35. The summed E-state index contributed by atoms with van der Waals surface area (Å²) in [6, 6.07) is 13.9. The fourth-order valence-electron chi connectivity index (χ4n) is 4.00. The van der Waals surface area contributed by atoms with Gasteiger partial charge in [-0.1, -0.05) is 12.1 Å². The lowest BCUT2D eigenvalue weighted by molar-refractivity contribution is -0.140. The van der Waals surface area contributed by atoms with E-state index >= 15 is 0 Å². The van der Waals surface area contributed by atoms with Crippen LogP contribution in [-0.2, 0) is 16.1 Å². The van der Waals surface area contributed by atoms with Crippen LogP contribution in [0.25, 0.3) is 5.76 Å². The van der Waals surface area contributed by atoms with Crippen LogP contribution in [0.5, 0.6) is 5.75 Å². The highest BCUT2D eigenvalue weighted by atomic mass is 19.1. The Morgan fingerprint density at radius 2 is 1.76 bits per heavy atom. The molecule has 1 aliphatic rings. The molecule has 7 nitrogen and oxygen atoms in total. The molecule has 4 rings (SSSR count). The minimum absolute atomic E-state index is 0.00510. The van der Waals surface area contributed by atoms with Gasteiger partial charge in [-0.25, -0.2) is 4.39 Å². The molecule has 0 spiro atoms. The first-order valence-electron chi connectivity index (χ1n) is 10.6. The Morgan fingerprint density at radius 3 is 2.35 bits per heavy atom. The van der Waals surface area contributed by atoms with Gasteiger partial charge in [0.05, 0.1) is 18.7 Å². The number of likely N-dealkylation sites (tertiary alicyclic amines) is 1. The molecule has 2 heterocycles. The van der Waals surface area contributed by atoms with Crippen LogP contribution >= 0.6 is 0 Å². The number of ether oxygens (including phenoxy) is 1. The first-order valence-corrected chi connectivity index (χ1v) is 10.6. The molecule has 1 aliphatic heterocycles. The molecule has 3 aromatic rings. The molecule has 34 heavy (non-hydrogen) atoms. The largest absolute Gasteiger partial charge is 0.507 e. The Balaban J connectivity index is 1.85. The van der Waals surface area contributed by atoms with Crippen molar-refractivity contribution in [3.05, 3.63) is 95.1 Å². The Labute approximate surface area is 196 Å². The predicted octanol–water partition coefficient (Wildman–Crippen LogP) is 3.92. The van der Waals surface area contributed by atoms with Crippen LogP contribution in [0.1, 0.15) is 22.7 Å². The summed E-state index contributed by atoms with van der Waals surface area (Å²) in [4.78, 5) is 33.6. The minimum atomic E-state index is -0.852. The molecule has 1 unspecified atom stereocenters. The molecule has 1 amide bonds. The molecule has 1 atom stereocenters. The molecule has 1 saturated heterocycles. The van der Waals surface area contributed by atoms with Crippen molar-refractivity contribution >= 4 is 23.1 Å². The smallest absolute Gasteiger partial charge is 0.295 e. The summed E-state index contributed by atoms with van der Waals surface area (Å²) in [7, 11) is 5.14. The number of Topliss-reactive ketones (excluding diaryl/α,β-unsaturated/α-hetero) is 1. The highest BCUT2D eigenvalue weighted by Gasteiger charge is 2.46. The molecular formula is C26H24FN3O4. The first kappa shape index (κ1) is 23.0. The molecule has 0 saturated carbocycles. The van der Waals surface area contributed by atoms with Crippen molar-refractivity contribution in [2.24, 2.45) is 0 Å². The lowest BCUT2D eigenvalue weighted by Gasteiger charge is -2.26. The van der Waals surface area contributed by atoms with Gasteiger partial charge in [0.2, 0.25) is 0 Å². The summed E-state index contributed by atoms with van der Waals surface area (Å²) in [6.07, 6.45) is 3.21. The zero-order valence-corrected chi connectivity index (χ0v) is 19.0. The summed E-state index contributed by atoms with van der Waals surface area (Å²) < 4.78 is 19.3. The van der Waals surface area contributed by atoms with E-state index in [0.29, 0.717) is 5.56 Å². The van der Waals surface area contributed by atoms with Gasteiger partial charge in [0, 0.05) is 44.3 Å². The number of aromatic nitrogens is 1. The maximum absolute atomic E-state index is 14.3. The maximum atomic E-state index is 14.3. The van der Waals surface area contributed by atoms with Crippen LogP contribution in [0.15, 0.2) is 72.6 Å². The molecular weight excluding hydrogens is 437 g/mol. The summed E-state index contributed by atoms with van der Waals surface area (Å²) in [6.45, 7) is 0.140. The van der Waals surface area contributed by atoms with E-state index in [-0.39, 0.29) is 23.4 Å². The van der Waals surface area contributed by atoms with E-state index in [0.717, 1.165) is 17.3 Å². The number of rotatable bonds is 6. The van der Waals surface area contributed by atoms with Crippen LogP contribution in [-0.4, -0.2) is 47.9 Å². The van der Waals surface area contributed by atoms with Crippen LogP contribution in [0.2, 0.25) is 0 Å². The Kier molecular flexibility index (Phi) is 6.32. The highest BCUT2D eigenvalue weighted by molar-refractivity contribution is 6.46. The zero-order chi connectivity index (χ0) is 24.4. The van der Waals surface area contributed by atoms with Crippen molar-refractivity contribution in [3.63, 3.8) is 0 Å². The average molecular weight is 461 g/mol. The standard InChI is InChI=1S/C26H24FN3O4/c1-29(2)19-7-4-17(5-8-19)23-22(24(31)18-6-9-21(34-3)20(27)14-18)25(32)26(33)30(23)15-16-10-12-28-13-11-16/h4-14,23,31H,15H2,1-3H3/b24-22-. The predicted molar refractivity (Wildman–Crippen MR) is 126 cm³/mol.